The van der Waals surface area contributed by atoms with Crippen LogP contribution in [-0.4, -0.2) is 29.5 Å². The highest BCUT2D eigenvalue weighted by Crippen LogP contribution is 2.18. The molecule has 1 N–H and O–H groups in total. The molecule has 0 aliphatic heterocycles. The number of nitrogens with one attached hydrogen (secondary N) is 1. The summed E-state index contributed by atoms with van der Waals surface area (Å²) in [5.74, 6) is 0.577. The highest BCUT2D eigenvalue weighted by molar-refractivity contribution is 5.81. The largest absolute Gasteiger partial charge is 0.379 e. The van der Waals surface area contributed by atoms with Crippen LogP contribution in [0.2, 0.25) is 0 Å². The number of aromatic nitrogens is 2. The normalized spacial score (nSPS) is 11.6. The van der Waals surface area contributed by atoms with E-state index in [1.165, 1.54) is 10.9 Å². The van der Waals surface area contributed by atoms with Crippen molar-refractivity contribution in [3.8, 4) is 0 Å². The minimum Gasteiger partial charge on any atom is -0.379 e. The molecule has 4 heteroatoms. The summed E-state index contributed by atoms with van der Waals surface area (Å²) in [6, 6.07) is 8.43. The van der Waals surface area contributed by atoms with E-state index in [9.17, 15) is 0 Å². The van der Waals surface area contributed by atoms with Gasteiger partial charge in [-0.25, -0.2) is 0 Å². The lowest BCUT2D eigenvalue weighted by Gasteiger charge is -2.07. The van der Waals surface area contributed by atoms with Gasteiger partial charge in [0.2, 0.25) is 0 Å². The number of nitrogens with zero attached hydrogens (tertiary/aromatic N) is 2. The molecule has 0 fully saturated rings. The van der Waals surface area contributed by atoms with Gasteiger partial charge >= 0.3 is 0 Å². The van der Waals surface area contributed by atoms with E-state index < -0.39 is 0 Å². The van der Waals surface area contributed by atoms with E-state index >= 15 is 0 Å². The monoisotopic (exact) mass is 289 g/mol. The molecule has 0 unspecified atom stereocenters. The smallest absolute Gasteiger partial charge is 0.0841 e. The van der Waals surface area contributed by atoms with Crippen molar-refractivity contribution < 1.29 is 4.74 Å². The third-order valence-electron chi connectivity index (χ3n) is 3.35. The zero-order chi connectivity index (χ0) is 15.1. The van der Waals surface area contributed by atoms with Crippen LogP contribution in [0.5, 0.6) is 0 Å². The summed E-state index contributed by atoms with van der Waals surface area (Å²) in [6.45, 7) is 10.7. The van der Waals surface area contributed by atoms with Crippen molar-refractivity contribution >= 4 is 10.9 Å². The lowest BCUT2D eigenvalue weighted by Crippen LogP contribution is -2.15. The van der Waals surface area contributed by atoms with Gasteiger partial charge in [0.25, 0.3) is 0 Å². The molecule has 2 rings (SSSR count). The minimum atomic E-state index is 0.577. The van der Waals surface area contributed by atoms with Crippen molar-refractivity contribution in [1.29, 1.82) is 0 Å². The number of hydrogen-bond acceptors (Lipinski definition) is 3. The molecule has 0 bridgehead atoms. The third kappa shape index (κ3) is 4.55. The Labute approximate surface area is 127 Å². The SMILES string of the molecule is CCCNCc1nn(CCOCC(C)C)c2ccccc12. The van der Waals surface area contributed by atoms with Crippen molar-refractivity contribution in [1.82, 2.24) is 15.1 Å². The summed E-state index contributed by atoms with van der Waals surface area (Å²) in [5.41, 5.74) is 2.32. The maximum atomic E-state index is 5.68. The molecule has 0 spiro atoms. The number of benzene rings is 1. The molecule has 0 radical (unpaired) electrons. The van der Waals surface area contributed by atoms with E-state index in [1.807, 2.05) is 0 Å². The zero-order valence-electron chi connectivity index (χ0n) is 13.4. The number of para-hydroxylation sites is 1. The average molecular weight is 289 g/mol. The number of ether oxygens (including phenoxy) is 1. The lowest BCUT2D eigenvalue weighted by molar-refractivity contribution is 0.102. The fraction of sp³-hybridized carbons (Fsp3) is 0.588. The lowest BCUT2D eigenvalue weighted by atomic mass is 10.2. The van der Waals surface area contributed by atoms with Crippen LogP contribution in [0.15, 0.2) is 24.3 Å². The number of rotatable bonds is 9. The molecule has 0 amide bonds. The van der Waals surface area contributed by atoms with Gasteiger partial charge in [-0.05, 0) is 24.9 Å². The molecule has 4 nitrogen and oxygen atoms in total. The van der Waals surface area contributed by atoms with E-state index in [4.69, 9.17) is 9.84 Å². The second kappa shape index (κ2) is 8.15. The third-order valence-corrected chi connectivity index (χ3v) is 3.35. The maximum Gasteiger partial charge on any atom is 0.0841 e. The van der Waals surface area contributed by atoms with Crippen molar-refractivity contribution in [2.24, 2.45) is 5.92 Å². The Kier molecular flexibility index (Phi) is 6.21. The summed E-state index contributed by atoms with van der Waals surface area (Å²) in [5, 5.41) is 9.42. The quantitative estimate of drug-likeness (QED) is 0.721. The molecule has 2 aromatic rings. The molecule has 1 heterocycles. The molecule has 0 atom stereocenters. The summed E-state index contributed by atoms with van der Waals surface area (Å²) < 4.78 is 7.75. The minimum absolute atomic E-state index is 0.577. The fourth-order valence-corrected chi connectivity index (χ4v) is 2.35. The van der Waals surface area contributed by atoms with Gasteiger partial charge in [-0.1, -0.05) is 39.0 Å². The van der Waals surface area contributed by atoms with Crippen LogP contribution < -0.4 is 5.32 Å². The predicted molar refractivity (Wildman–Crippen MR) is 87.4 cm³/mol. The van der Waals surface area contributed by atoms with Gasteiger partial charge in [0.05, 0.1) is 24.4 Å². The molecule has 21 heavy (non-hydrogen) atoms. The average Bonchev–Trinajstić information content (AvgIpc) is 2.82. The Balaban J connectivity index is 2.04. The molecule has 116 valence electrons. The Morgan fingerprint density at radius 1 is 1.29 bits per heavy atom. The molecule has 0 saturated heterocycles. The maximum absolute atomic E-state index is 5.68. The van der Waals surface area contributed by atoms with Crippen LogP contribution in [0.1, 0.15) is 32.9 Å². The van der Waals surface area contributed by atoms with E-state index in [1.54, 1.807) is 0 Å². The van der Waals surface area contributed by atoms with Crippen LogP contribution in [0.25, 0.3) is 10.9 Å². The topological polar surface area (TPSA) is 39.1 Å². The van der Waals surface area contributed by atoms with Crippen LogP contribution in [0, 0.1) is 5.92 Å². The number of fused-ring (bicyclic) bond motifs is 1. The van der Waals surface area contributed by atoms with Gasteiger partial charge in [-0.2, -0.15) is 5.10 Å². The molecular weight excluding hydrogens is 262 g/mol. The first-order valence-corrected chi connectivity index (χ1v) is 7.95. The Hall–Kier alpha value is -1.39. The van der Waals surface area contributed by atoms with Crippen LogP contribution >= 0.6 is 0 Å². The van der Waals surface area contributed by atoms with Crippen LogP contribution in [-0.2, 0) is 17.8 Å². The highest BCUT2D eigenvalue weighted by Gasteiger charge is 2.09. The Morgan fingerprint density at radius 2 is 2.10 bits per heavy atom. The summed E-state index contributed by atoms with van der Waals surface area (Å²) in [6.07, 6.45) is 1.14. The van der Waals surface area contributed by atoms with Crippen LogP contribution in [0.3, 0.4) is 0 Å². The number of hydrogen-bond donors (Lipinski definition) is 1. The Bertz CT molecular complexity index is 548. The highest BCUT2D eigenvalue weighted by atomic mass is 16.5. The van der Waals surface area contributed by atoms with Crippen molar-refractivity contribution in [3.63, 3.8) is 0 Å². The van der Waals surface area contributed by atoms with Gasteiger partial charge in [0, 0.05) is 18.5 Å². The van der Waals surface area contributed by atoms with Crippen molar-refractivity contribution in [2.75, 3.05) is 19.8 Å². The summed E-state index contributed by atoms with van der Waals surface area (Å²) in [7, 11) is 0. The van der Waals surface area contributed by atoms with Gasteiger partial charge in [0.15, 0.2) is 0 Å². The van der Waals surface area contributed by atoms with E-state index in [0.29, 0.717) is 12.5 Å². The first kappa shape index (κ1) is 16.0. The zero-order valence-corrected chi connectivity index (χ0v) is 13.4. The summed E-state index contributed by atoms with van der Waals surface area (Å²) >= 11 is 0. The standard InChI is InChI=1S/C17H27N3O/c1-4-9-18-12-16-15-7-5-6-8-17(15)20(19-16)10-11-21-13-14(2)3/h5-8,14,18H,4,9-13H2,1-3H3. The second-order valence-electron chi connectivity index (χ2n) is 5.83. The molecule has 0 aliphatic carbocycles. The van der Waals surface area contributed by atoms with Gasteiger partial charge in [-0.3, -0.25) is 4.68 Å². The van der Waals surface area contributed by atoms with Crippen molar-refractivity contribution in [3.05, 3.63) is 30.0 Å². The van der Waals surface area contributed by atoms with Crippen LogP contribution in [0.4, 0.5) is 0 Å². The van der Waals surface area contributed by atoms with Gasteiger partial charge < -0.3 is 10.1 Å². The first-order chi connectivity index (χ1) is 10.2. The second-order valence-corrected chi connectivity index (χ2v) is 5.83. The van der Waals surface area contributed by atoms with E-state index in [-0.39, 0.29) is 0 Å². The van der Waals surface area contributed by atoms with Gasteiger partial charge in [-0.15, -0.1) is 0 Å². The van der Waals surface area contributed by atoms with Crippen molar-refractivity contribution in [2.45, 2.75) is 40.3 Å². The fourth-order valence-electron chi connectivity index (χ4n) is 2.35. The Morgan fingerprint density at radius 3 is 2.86 bits per heavy atom. The molecule has 0 saturated carbocycles. The van der Waals surface area contributed by atoms with E-state index in [0.717, 1.165) is 38.4 Å². The summed E-state index contributed by atoms with van der Waals surface area (Å²) in [4.78, 5) is 0. The molecular formula is C17H27N3O. The first-order valence-electron chi connectivity index (χ1n) is 7.95. The predicted octanol–water partition coefficient (Wildman–Crippen LogP) is 3.21. The molecule has 1 aromatic carbocycles. The van der Waals surface area contributed by atoms with Gasteiger partial charge in [0.1, 0.15) is 0 Å². The van der Waals surface area contributed by atoms with E-state index in [2.05, 4.69) is 55.0 Å². The molecule has 0 aliphatic rings. The molecule has 1 aromatic heterocycles.